The van der Waals surface area contributed by atoms with Crippen molar-refractivity contribution in [3.63, 3.8) is 0 Å². The second kappa shape index (κ2) is 7.82. The predicted molar refractivity (Wildman–Crippen MR) is 89.4 cm³/mol. The third-order valence-electron chi connectivity index (χ3n) is 3.15. The fourth-order valence-corrected chi connectivity index (χ4v) is 1.95. The van der Waals surface area contributed by atoms with Crippen LogP contribution in [0.2, 0.25) is 0 Å². The van der Waals surface area contributed by atoms with Crippen molar-refractivity contribution in [2.75, 3.05) is 14.2 Å². The standard InChI is InChI=1S/C16H23N3O6/c1-7-8-9(19(5)15(23)25-16(2,3)4)12-17-10(14(22)24-6)11(20)13(21)18-12/h7,9,20H,1,8H2,2-6H3,(H,17,18,21). The number of aromatic hydroxyl groups is 1. The van der Waals surface area contributed by atoms with Gasteiger partial charge in [0.15, 0.2) is 5.69 Å². The summed E-state index contributed by atoms with van der Waals surface area (Å²) < 4.78 is 9.79. The summed E-state index contributed by atoms with van der Waals surface area (Å²) in [6, 6.07) is -0.760. The number of aromatic nitrogens is 2. The molecule has 1 aromatic rings. The first kappa shape index (κ1) is 20.2. The molecule has 1 aromatic heterocycles. The average molecular weight is 353 g/mol. The van der Waals surface area contributed by atoms with Gasteiger partial charge in [0.05, 0.1) is 13.2 Å². The maximum atomic E-state index is 12.3. The van der Waals surface area contributed by atoms with Gasteiger partial charge in [0.1, 0.15) is 11.4 Å². The summed E-state index contributed by atoms with van der Waals surface area (Å²) in [4.78, 5) is 43.4. The SMILES string of the molecule is C=CCC(c1nc(C(=O)OC)c(O)c(=O)[nH]1)N(C)C(=O)OC(C)(C)C. The number of hydrogen-bond acceptors (Lipinski definition) is 7. The molecular weight excluding hydrogens is 330 g/mol. The summed E-state index contributed by atoms with van der Waals surface area (Å²) in [6.07, 6.45) is 1.11. The summed E-state index contributed by atoms with van der Waals surface area (Å²) >= 11 is 0. The number of amides is 1. The van der Waals surface area contributed by atoms with E-state index in [1.165, 1.54) is 18.0 Å². The molecule has 25 heavy (non-hydrogen) atoms. The Hall–Kier alpha value is -2.84. The van der Waals surface area contributed by atoms with Crippen LogP contribution in [0, 0.1) is 0 Å². The molecule has 0 fully saturated rings. The second-order valence-corrected chi connectivity index (χ2v) is 6.27. The molecule has 0 aliphatic rings. The molecule has 1 rings (SSSR count). The van der Waals surface area contributed by atoms with E-state index in [9.17, 15) is 19.5 Å². The first-order chi connectivity index (χ1) is 11.5. The number of carbonyl (C=O) groups excluding carboxylic acids is 2. The van der Waals surface area contributed by atoms with E-state index in [1.54, 1.807) is 20.8 Å². The number of esters is 1. The molecule has 0 spiro atoms. The maximum Gasteiger partial charge on any atom is 0.410 e. The predicted octanol–water partition coefficient (Wildman–Crippen LogP) is 1.75. The van der Waals surface area contributed by atoms with E-state index < -0.39 is 40.7 Å². The number of H-pyrrole nitrogens is 1. The fourth-order valence-electron chi connectivity index (χ4n) is 1.95. The van der Waals surface area contributed by atoms with E-state index in [0.29, 0.717) is 0 Å². The van der Waals surface area contributed by atoms with E-state index in [4.69, 9.17) is 4.74 Å². The molecule has 1 atom stereocenters. The molecule has 1 amide bonds. The zero-order valence-electron chi connectivity index (χ0n) is 15.0. The Labute approximate surface area is 145 Å². The van der Waals surface area contributed by atoms with Crippen LogP contribution >= 0.6 is 0 Å². The number of carbonyl (C=O) groups is 2. The van der Waals surface area contributed by atoms with E-state index >= 15 is 0 Å². The lowest BCUT2D eigenvalue weighted by Gasteiger charge is -2.29. The second-order valence-electron chi connectivity index (χ2n) is 6.27. The third kappa shape index (κ3) is 5.07. The number of nitrogens with zero attached hydrogens (tertiary/aromatic N) is 2. The highest BCUT2D eigenvalue weighted by atomic mass is 16.6. The molecule has 0 aromatic carbocycles. The number of hydrogen-bond donors (Lipinski definition) is 2. The van der Waals surface area contributed by atoms with Crippen molar-refractivity contribution >= 4 is 12.1 Å². The first-order valence-electron chi connectivity index (χ1n) is 7.50. The normalized spacial score (nSPS) is 12.2. The number of ether oxygens (including phenoxy) is 2. The van der Waals surface area contributed by atoms with Crippen molar-refractivity contribution in [2.45, 2.75) is 38.8 Å². The molecule has 0 bridgehead atoms. The minimum atomic E-state index is -0.970. The smallest absolute Gasteiger partial charge is 0.410 e. The summed E-state index contributed by atoms with van der Waals surface area (Å²) in [7, 11) is 2.56. The number of methoxy groups -OCH3 is 1. The largest absolute Gasteiger partial charge is 0.501 e. The molecule has 0 saturated carbocycles. The zero-order chi connectivity index (χ0) is 19.4. The summed E-state index contributed by atoms with van der Waals surface area (Å²) in [5.41, 5.74) is -2.17. The van der Waals surface area contributed by atoms with Gasteiger partial charge in [-0.2, -0.15) is 0 Å². The highest BCUT2D eigenvalue weighted by Gasteiger charge is 2.29. The van der Waals surface area contributed by atoms with Crippen LogP contribution in [0.5, 0.6) is 5.75 Å². The van der Waals surface area contributed by atoms with E-state index in [-0.39, 0.29) is 12.2 Å². The molecule has 9 heteroatoms. The van der Waals surface area contributed by atoms with Crippen molar-refractivity contribution in [3.05, 3.63) is 34.5 Å². The Bertz CT molecular complexity index is 720. The van der Waals surface area contributed by atoms with Gasteiger partial charge < -0.3 is 24.5 Å². The topological polar surface area (TPSA) is 122 Å². The molecule has 138 valence electrons. The van der Waals surface area contributed by atoms with Crippen molar-refractivity contribution < 1.29 is 24.2 Å². The molecule has 9 nitrogen and oxygen atoms in total. The molecule has 1 heterocycles. The molecular formula is C16H23N3O6. The van der Waals surface area contributed by atoms with E-state index in [2.05, 4.69) is 21.3 Å². The number of nitrogens with one attached hydrogen (secondary N) is 1. The van der Waals surface area contributed by atoms with Crippen molar-refractivity contribution in [3.8, 4) is 5.75 Å². The highest BCUT2D eigenvalue weighted by molar-refractivity contribution is 5.89. The zero-order valence-corrected chi connectivity index (χ0v) is 15.0. The van der Waals surface area contributed by atoms with Gasteiger partial charge in [-0.15, -0.1) is 6.58 Å². The van der Waals surface area contributed by atoms with E-state index in [1.807, 2.05) is 0 Å². The van der Waals surface area contributed by atoms with Gasteiger partial charge >= 0.3 is 12.1 Å². The van der Waals surface area contributed by atoms with Crippen LogP contribution < -0.4 is 5.56 Å². The monoisotopic (exact) mass is 353 g/mol. The van der Waals surface area contributed by atoms with Gasteiger partial charge in [0, 0.05) is 7.05 Å². The van der Waals surface area contributed by atoms with Crippen molar-refractivity contribution in [2.24, 2.45) is 0 Å². The molecule has 0 aliphatic carbocycles. The van der Waals surface area contributed by atoms with Crippen LogP contribution in [-0.4, -0.2) is 51.8 Å². The molecule has 2 N–H and O–H groups in total. The lowest BCUT2D eigenvalue weighted by molar-refractivity contribution is 0.0213. The fraction of sp³-hybridized carbons (Fsp3) is 0.500. The van der Waals surface area contributed by atoms with Gasteiger partial charge in [-0.25, -0.2) is 14.6 Å². The van der Waals surface area contributed by atoms with Gasteiger partial charge in [0.2, 0.25) is 5.75 Å². The summed E-state index contributed by atoms with van der Waals surface area (Å²) in [6.45, 7) is 8.77. The third-order valence-corrected chi connectivity index (χ3v) is 3.15. The van der Waals surface area contributed by atoms with Gasteiger partial charge in [-0.05, 0) is 27.2 Å². The number of rotatable bonds is 5. The average Bonchev–Trinajstić information content (AvgIpc) is 2.52. The minimum Gasteiger partial charge on any atom is -0.501 e. The Kier molecular flexibility index (Phi) is 6.32. The van der Waals surface area contributed by atoms with Gasteiger partial charge in [-0.1, -0.05) is 6.08 Å². The van der Waals surface area contributed by atoms with Crippen LogP contribution in [0.4, 0.5) is 4.79 Å². The lowest BCUT2D eigenvalue weighted by Crippen LogP contribution is -2.38. The Morgan fingerprint density at radius 2 is 2.04 bits per heavy atom. The molecule has 0 aliphatic heterocycles. The molecule has 0 saturated heterocycles. The van der Waals surface area contributed by atoms with Crippen LogP contribution in [0.15, 0.2) is 17.4 Å². The molecule has 1 unspecified atom stereocenters. The molecule has 0 radical (unpaired) electrons. The minimum absolute atomic E-state index is 0.00328. The van der Waals surface area contributed by atoms with E-state index in [0.717, 1.165) is 7.11 Å². The van der Waals surface area contributed by atoms with Crippen LogP contribution in [0.3, 0.4) is 0 Å². The van der Waals surface area contributed by atoms with Gasteiger partial charge in [0.25, 0.3) is 5.56 Å². The van der Waals surface area contributed by atoms with Crippen molar-refractivity contribution in [1.82, 2.24) is 14.9 Å². The summed E-state index contributed by atoms with van der Waals surface area (Å²) in [5.74, 6) is -1.83. The Balaban J connectivity index is 3.33. The maximum absolute atomic E-state index is 12.3. The Morgan fingerprint density at radius 1 is 1.44 bits per heavy atom. The van der Waals surface area contributed by atoms with Crippen LogP contribution in [0.25, 0.3) is 0 Å². The Morgan fingerprint density at radius 3 is 2.52 bits per heavy atom. The van der Waals surface area contributed by atoms with Crippen LogP contribution in [0.1, 0.15) is 49.5 Å². The van der Waals surface area contributed by atoms with Gasteiger partial charge in [-0.3, -0.25) is 4.79 Å². The quantitative estimate of drug-likeness (QED) is 0.611. The van der Waals surface area contributed by atoms with Crippen LogP contribution in [-0.2, 0) is 9.47 Å². The highest BCUT2D eigenvalue weighted by Crippen LogP contribution is 2.23. The summed E-state index contributed by atoms with van der Waals surface area (Å²) in [5, 5.41) is 9.70. The van der Waals surface area contributed by atoms with Crippen molar-refractivity contribution in [1.29, 1.82) is 0 Å². The number of aromatic amines is 1. The first-order valence-corrected chi connectivity index (χ1v) is 7.50. The lowest BCUT2D eigenvalue weighted by atomic mass is 10.1.